The van der Waals surface area contributed by atoms with Crippen LogP contribution in [0.4, 0.5) is 0 Å². The van der Waals surface area contributed by atoms with E-state index in [-0.39, 0.29) is 5.63 Å². The second-order valence-electron chi connectivity index (χ2n) is 5.21. The topological polar surface area (TPSA) is 70.2 Å². The summed E-state index contributed by atoms with van der Waals surface area (Å²) in [5.74, 6) is 0.413. The Morgan fingerprint density at radius 2 is 1.92 bits per heavy atom. The Balaban J connectivity index is 1.83. The monoisotopic (exact) mass is 319 g/mol. The zero-order valence-electron chi connectivity index (χ0n) is 12.8. The molecule has 0 N–H and O–H groups in total. The second-order valence-corrected chi connectivity index (χ2v) is 5.21. The molecular weight excluding hydrogens is 306 g/mol. The third-order valence-electron chi connectivity index (χ3n) is 3.72. The van der Waals surface area contributed by atoms with Crippen molar-refractivity contribution < 1.29 is 9.15 Å². The molecule has 0 bridgehead atoms. The average Bonchev–Trinajstić information content (AvgIpc) is 3.10. The summed E-state index contributed by atoms with van der Waals surface area (Å²) in [6.45, 7) is 0. The smallest absolute Gasteiger partial charge is 0.344 e. The van der Waals surface area contributed by atoms with Crippen molar-refractivity contribution in [2.45, 2.75) is 0 Å². The quantitative estimate of drug-likeness (QED) is 0.543. The van der Waals surface area contributed by atoms with Crippen molar-refractivity contribution in [3.8, 4) is 22.7 Å². The van der Waals surface area contributed by atoms with Gasteiger partial charge in [0.15, 0.2) is 0 Å². The summed E-state index contributed by atoms with van der Waals surface area (Å²) in [6.07, 6.45) is 1.51. The minimum Gasteiger partial charge on any atom is -0.479 e. The fourth-order valence-electron chi connectivity index (χ4n) is 2.51. The third kappa shape index (κ3) is 2.44. The number of hydrogen-bond acceptors (Lipinski definition) is 5. The number of benzene rings is 2. The maximum Gasteiger partial charge on any atom is 0.344 e. The number of aromatic nitrogens is 3. The summed E-state index contributed by atoms with van der Waals surface area (Å²) in [5, 5.41) is 9.10. The first-order chi connectivity index (χ1) is 11.7. The Labute approximate surface area is 136 Å². The largest absolute Gasteiger partial charge is 0.479 e. The second kappa shape index (κ2) is 5.66. The summed E-state index contributed by atoms with van der Waals surface area (Å²) < 4.78 is 10.5. The first-order valence-corrected chi connectivity index (χ1v) is 7.34. The van der Waals surface area contributed by atoms with E-state index in [0.29, 0.717) is 22.7 Å². The third-order valence-corrected chi connectivity index (χ3v) is 3.72. The molecule has 0 saturated carbocycles. The predicted octanol–water partition coefficient (Wildman–Crippen LogP) is 3.05. The molecular formula is C18H13N3O3. The van der Waals surface area contributed by atoms with Crippen LogP contribution in [0.3, 0.4) is 0 Å². The van der Waals surface area contributed by atoms with Crippen molar-refractivity contribution in [3.05, 3.63) is 71.2 Å². The molecule has 24 heavy (non-hydrogen) atoms. The van der Waals surface area contributed by atoms with E-state index in [1.165, 1.54) is 18.1 Å². The summed E-state index contributed by atoms with van der Waals surface area (Å²) in [6, 6.07) is 16.7. The zero-order valence-corrected chi connectivity index (χ0v) is 12.8. The highest BCUT2D eigenvalue weighted by atomic mass is 16.5. The lowest BCUT2D eigenvalue weighted by Gasteiger charge is -2.04. The van der Waals surface area contributed by atoms with Crippen molar-refractivity contribution in [3.63, 3.8) is 0 Å². The van der Waals surface area contributed by atoms with Crippen LogP contribution in [0, 0.1) is 0 Å². The number of methoxy groups -OCH3 is 1. The van der Waals surface area contributed by atoms with Crippen molar-refractivity contribution in [1.82, 2.24) is 15.0 Å². The van der Waals surface area contributed by atoms with Gasteiger partial charge in [-0.3, -0.25) is 0 Å². The fraction of sp³-hybridized carbons (Fsp3) is 0.0556. The molecule has 0 unspecified atom stereocenters. The van der Waals surface area contributed by atoms with E-state index < -0.39 is 0 Å². The Morgan fingerprint density at radius 1 is 1.08 bits per heavy atom. The molecule has 0 fully saturated rings. The van der Waals surface area contributed by atoms with E-state index in [9.17, 15) is 4.79 Å². The van der Waals surface area contributed by atoms with Crippen LogP contribution in [-0.4, -0.2) is 22.1 Å². The molecule has 2 heterocycles. The summed E-state index contributed by atoms with van der Waals surface area (Å²) in [5.41, 5.74) is 2.15. The van der Waals surface area contributed by atoms with Gasteiger partial charge in [0, 0.05) is 11.5 Å². The van der Waals surface area contributed by atoms with Crippen molar-refractivity contribution in [2.75, 3.05) is 7.11 Å². The SMILES string of the molecule is COc1cnn(-c2ccc3cc(-c4ccccc4)c(=O)oc3c2)n1. The minimum absolute atomic E-state index is 0.378. The fourth-order valence-corrected chi connectivity index (χ4v) is 2.51. The molecule has 0 atom stereocenters. The van der Waals surface area contributed by atoms with Crippen molar-refractivity contribution in [1.29, 1.82) is 0 Å². The molecule has 4 rings (SSSR count). The molecule has 0 radical (unpaired) electrons. The van der Waals surface area contributed by atoms with Gasteiger partial charge in [-0.05, 0) is 23.8 Å². The van der Waals surface area contributed by atoms with E-state index in [0.717, 1.165) is 10.9 Å². The highest BCUT2D eigenvalue weighted by molar-refractivity contribution is 5.83. The van der Waals surface area contributed by atoms with Crippen LogP contribution in [0.1, 0.15) is 0 Å². The van der Waals surface area contributed by atoms with Crippen molar-refractivity contribution in [2.24, 2.45) is 0 Å². The van der Waals surface area contributed by atoms with Crippen LogP contribution >= 0.6 is 0 Å². The number of rotatable bonds is 3. The van der Waals surface area contributed by atoms with Gasteiger partial charge in [0.2, 0.25) is 0 Å². The van der Waals surface area contributed by atoms with E-state index in [2.05, 4.69) is 10.2 Å². The lowest BCUT2D eigenvalue weighted by molar-refractivity contribution is 0.394. The summed E-state index contributed by atoms with van der Waals surface area (Å²) in [4.78, 5) is 13.7. The Kier molecular flexibility index (Phi) is 3.35. The molecule has 4 aromatic rings. The number of ether oxygens (including phenoxy) is 1. The number of hydrogen-bond donors (Lipinski definition) is 0. The molecule has 0 saturated heterocycles. The summed E-state index contributed by atoms with van der Waals surface area (Å²) in [7, 11) is 1.53. The lowest BCUT2D eigenvalue weighted by Crippen LogP contribution is -2.04. The lowest BCUT2D eigenvalue weighted by atomic mass is 10.1. The summed E-state index contributed by atoms with van der Waals surface area (Å²) >= 11 is 0. The molecule has 0 aliphatic carbocycles. The molecule has 0 spiro atoms. The van der Waals surface area contributed by atoms with Gasteiger partial charge < -0.3 is 9.15 Å². The highest BCUT2D eigenvalue weighted by Gasteiger charge is 2.09. The molecule has 6 nitrogen and oxygen atoms in total. The van der Waals surface area contributed by atoms with Crippen LogP contribution in [0.2, 0.25) is 0 Å². The van der Waals surface area contributed by atoms with Crippen LogP contribution < -0.4 is 10.4 Å². The average molecular weight is 319 g/mol. The van der Waals surface area contributed by atoms with Gasteiger partial charge in [-0.1, -0.05) is 30.3 Å². The Bertz CT molecular complexity index is 1070. The van der Waals surface area contributed by atoms with Crippen LogP contribution in [0.15, 0.2) is 70.0 Å². The first-order valence-electron chi connectivity index (χ1n) is 7.34. The van der Waals surface area contributed by atoms with Gasteiger partial charge in [-0.2, -0.15) is 5.10 Å². The molecule has 6 heteroatoms. The van der Waals surface area contributed by atoms with E-state index in [1.807, 2.05) is 48.5 Å². The first kappa shape index (κ1) is 14.2. The van der Waals surface area contributed by atoms with Gasteiger partial charge in [0.1, 0.15) is 11.8 Å². The number of nitrogens with zero attached hydrogens (tertiary/aromatic N) is 3. The molecule has 2 aromatic carbocycles. The Hall–Kier alpha value is -3.41. The molecule has 0 aliphatic rings. The van der Waals surface area contributed by atoms with Gasteiger partial charge >= 0.3 is 5.63 Å². The predicted molar refractivity (Wildman–Crippen MR) is 89.4 cm³/mol. The van der Waals surface area contributed by atoms with Crippen LogP contribution in [0.25, 0.3) is 27.8 Å². The van der Waals surface area contributed by atoms with Crippen molar-refractivity contribution >= 4 is 11.0 Å². The molecule has 0 amide bonds. The molecule has 2 aromatic heterocycles. The highest BCUT2D eigenvalue weighted by Crippen LogP contribution is 2.22. The standard InChI is InChI=1S/C18H13N3O3/c1-23-17-11-19-21(20-17)14-8-7-13-9-15(12-5-3-2-4-6-12)18(22)24-16(13)10-14/h2-11H,1H3. The molecule has 118 valence electrons. The number of fused-ring (bicyclic) bond motifs is 1. The normalized spacial score (nSPS) is 10.9. The maximum absolute atomic E-state index is 12.3. The minimum atomic E-state index is -0.378. The zero-order chi connectivity index (χ0) is 16.5. The van der Waals surface area contributed by atoms with Gasteiger partial charge in [0.05, 0.1) is 18.4 Å². The molecule has 0 aliphatic heterocycles. The maximum atomic E-state index is 12.3. The van der Waals surface area contributed by atoms with E-state index in [1.54, 1.807) is 6.07 Å². The van der Waals surface area contributed by atoms with Crippen LogP contribution in [0.5, 0.6) is 5.88 Å². The Morgan fingerprint density at radius 3 is 2.67 bits per heavy atom. The van der Waals surface area contributed by atoms with E-state index >= 15 is 0 Å². The van der Waals surface area contributed by atoms with E-state index in [4.69, 9.17) is 9.15 Å². The van der Waals surface area contributed by atoms with Gasteiger partial charge in [-0.25, -0.2) is 4.79 Å². The van der Waals surface area contributed by atoms with Gasteiger partial charge in [0.25, 0.3) is 5.88 Å². The van der Waals surface area contributed by atoms with Crippen LogP contribution in [-0.2, 0) is 0 Å². The van der Waals surface area contributed by atoms with Gasteiger partial charge in [-0.15, -0.1) is 9.90 Å².